The fourth-order valence-electron chi connectivity index (χ4n) is 4.05. The van der Waals surface area contributed by atoms with Crippen LogP contribution in [0.15, 0.2) is 0 Å². The summed E-state index contributed by atoms with van der Waals surface area (Å²) in [4.78, 5) is 2.60. The lowest BCUT2D eigenvalue weighted by molar-refractivity contribution is -0.0217. The molecule has 2 fully saturated rings. The van der Waals surface area contributed by atoms with Crippen molar-refractivity contribution in [2.75, 3.05) is 27.3 Å². The normalized spacial score (nSPS) is 31.4. The van der Waals surface area contributed by atoms with E-state index in [-0.39, 0.29) is 5.54 Å². The highest BCUT2D eigenvalue weighted by Gasteiger charge is 2.49. The van der Waals surface area contributed by atoms with Crippen LogP contribution < -0.4 is 5.73 Å². The molecule has 0 radical (unpaired) electrons. The SMILES string of the molecule is CCC1CCC(N(C)C(CN)(COC)C2CC2)CC1. The van der Waals surface area contributed by atoms with Crippen LogP contribution in [0.1, 0.15) is 51.9 Å². The Morgan fingerprint density at radius 2 is 1.79 bits per heavy atom. The molecule has 2 saturated carbocycles. The molecule has 1 atom stereocenters. The lowest BCUT2D eigenvalue weighted by atomic mass is 9.81. The fraction of sp³-hybridized carbons (Fsp3) is 1.00. The number of ether oxygens (including phenoxy) is 1. The Balaban J connectivity index is 2.01. The number of nitrogens with zero attached hydrogens (tertiary/aromatic N) is 1. The predicted molar refractivity (Wildman–Crippen MR) is 80.2 cm³/mol. The lowest BCUT2D eigenvalue weighted by Crippen LogP contribution is -2.60. The largest absolute Gasteiger partial charge is 0.383 e. The van der Waals surface area contributed by atoms with Crippen molar-refractivity contribution in [1.29, 1.82) is 0 Å². The molecule has 1 unspecified atom stereocenters. The average Bonchev–Trinajstić information content (AvgIpc) is 3.29. The number of likely N-dealkylation sites (N-methyl/N-ethyl adjacent to an activating group) is 1. The molecule has 3 heteroatoms. The minimum absolute atomic E-state index is 0.0957. The van der Waals surface area contributed by atoms with Crippen LogP contribution in [0, 0.1) is 11.8 Å². The Hall–Kier alpha value is -0.120. The van der Waals surface area contributed by atoms with Gasteiger partial charge in [0.05, 0.1) is 12.1 Å². The van der Waals surface area contributed by atoms with Gasteiger partial charge < -0.3 is 10.5 Å². The van der Waals surface area contributed by atoms with Gasteiger partial charge in [-0.15, -0.1) is 0 Å². The molecule has 0 spiro atoms. The topological polar surface area (TPSA) is 38.5 Å². The van der Waals surface area contributed by atoms with Crippen molar-refractivity contribution in [2.45, 2.75) is 63.5 Å². The summed E-state index contributed by atoms with van der Waals surface area (Å²) < 4.78 is 5.53. The van der Waals surface area contributed by atoms with Gasteiger partial charge >= 0.3 is 0 Å². The summed E-state index contributed by atoms with van der Waals surface area (Å²) in [6.07, 6.45) is 9.47. The van der Waals surface area contributed by atoms with E-state index in [0.29, 0.717) is 6.04 Å². The van der Waals surface area contributed by atoms with Crippen molar-refractivity contribution < 1.29 is 4.74 Å². The Kier molecular flexibility index (Phi) is 5.27. The molecule has 0 heterocycles. The summed E-state index contributed by atoms with van der Waals surface area (Å²) in [5, 5.41) is 0. The molecule has 0 aromatic carbocycles. The van der Waals surface area contributed by atoms with Crippen molar-refractivity contribution in [2.24, 2.45) is 17.6 Å². The van der Waals surface area contributed by atoms with Crippen LogP contribution in [-0.4, -0.2) is 43.8 Å². The zero-order valence-electron chi connectivity index (χ0n) is 13.0. The van der Waals surface area contributed by atoms with E-state index >= 15 is 0 Å². The minimum atomic E-state index is 0.0957. The zero-order chi connectivity index (χ0) is 13.9. The quantitative estimate of drug-likeness (QED) is 0.771. The Labute approximate surface area is 118 Å². The van der Waals surface area contributed by atoms with Gasteiger partial charge in [-0.25, -0.2) is 0 Å². The number of hydrogen-bond acceptors (Lipinski definition) is 3. The highest BCUT2D eigenvalue weighted by molar-refractivity contribution is 5.04. The van der Waals surface area contributed by atoms with Crippen LogP contribution in [0.2, 0.25) is 0 Å². The molecule has 0 amide bonds. The molecule has 0 aliphatic heterocycles. The van der Waals surface area contributed by atoms with E-state index in [4.69, 9.17) is 10.5 Å². The standard InChI is InChI=1S/C16H32N2O/c1-4-13-5-9-15(10-6-13)18(2)16(11-17,12-19-3)14-7-8-14/h13-15H,4-12,17H2,1-3H3. The Morgan fingerprint density at radius 1 is 1.16 bits per heavy atom. The minimum Gasteiger partial charge on any atom is -0.383 e. The lowest BCUT2D eigenvalue weighted by Gasteiger charge is -2.47. The van der Waals surface area contributed by atoms with Crippen molar-refractivity contribution in [3.8, 4) is 0 Å². The first kappa shape index (κ1) is 15.3. The first-order valence-electron chi connectivity index (χ1n) is 8.09. The van der Waals surface area contributed by atoms with E-state index in [1.54, 1.807) is 0 Å². The molecule has 0 saturated heterocycles. The van der Waals surface area contributed by atoms with E-state index < -0.39 is 0 Å². The zero-order valence-corrected chi connectivity index (χ0v) is 13.0. The van der Waals surface area contributed by atoms with Crippen LogP contribution >= 0.6 is 0 Å². The molecule has 0 aromatic heterocycles. The number of methoxy groups -OCH3 is 1. The number of hydrogen-bond donors (Lipinski definition) is 1. The molecule has 2 rings (SSSR count). The van der Waals surface area contributed by atoms with Crippen molar-refractivity contribution in [3.63, 3.8) is 0 Å². The van der Waals surface area contributed by atoms with E-state index in [0.717, 1.165) is 25.0 Å². The van der Waals surface area contributed by atoms with Crippen LogP contribution in [0.25, 0.3) is 0 Å². The Bertz CT molecular complexity index is 272. The maximum absolute atomic E-state index is 6.17. The summed E-state index contributed by atoms with van der Waals surface area (Å²) in [6, 6.07) is 0.710. The molecule has 0 bridgehead atoms. The molecule has 2 N–H and O–H groups in total. The first-order chi connectivity index (χ1) is 9.17. The highest BCUT2D eigenvalue weighted by Crippen LogP contribution is 2.44. The van der Waals surface area contributed by atoms with E-state index in [9.17, 15) is 0 Å². The van der Waals surface area contributed by atoms with Gasteiger partial charge in [-0.2, -0.15) is 0 Å². The van der Waals surface area contributed by atoms with Crippen LogP contribution in [0.4, 0.5) is 0 Å². The third-order valence-corrected chi connectivity index (χ3v) is 5.73. The first-order valence-corrected chi connectivity index (χ1v) is 8.09. The molecule has 0 aromatic rings. The predicted octanol–water partition coefficient (Wildman–Crippen LogP) is 2.64. The van der Waals surface area contributed by atoms with Crippen LogP contribution in [0.5, 0.6) is 0 Å². The summed E-state index contributed by atoms with van der Waals surface area (Å²) in [7, 11) is 4.11. The van der Waals surface area contributed by atoms with Crippen LogP contribution in [0.3, 0.4) is 0 Å². The van der Waals surface area contributed by atoms with Gasteiger partial charge in [0, 0.05) is 19.7 Å². The molecule has 2 aliphatic rings. The van der Waals surface area contributed by atoms with E-state index in [2.05, 4.69) is 18.9 Å². The van der Waals surface area contributed by atoms with Gasteiger partial charge in [-0.05, 0) is 57.4 Å². The van der Waals surface area contributed by atoms with Gasteiger partial charge in [0.15, 0.2) is 0 Å². The monoisotopic (exact) mass is 268 g/mol. The van der Waals surface area contributed by atoms with Gasteiger partial charge in [0.1, 0.15) is 0 Å². The van der Waals surface area contributed by atoms with Gasteiger partial charge in [-0.3, -0.25) is 4.90 Å². The molecular weight excluding hydrogens is 236 g/mol. The fourth-order valence-corrected chi connectivity index (χ4v) is 4.05. The van der Waals surface area contributed by atoms with Crippen molar-refractivity contribution in [3.05, 3.63) is 0 Å². The van der Waals surface area contributed by atoms with Gasteiger partial charge in [0.2, 0.25) is 0 Å². The third kappa shape index (κ3) is 3.14. The summed E-state index contributed by atoms with van der Waals surface area (Å²) in [6.45, 7) is 3.85. The second-order valence-electron chi connectivity index (χ2n) is 6.71. The van der Waals surface area contributed by atoms with E-state index in [1.807, 2.05) is 7.11 Å². The van der Waals surface area contributed by atoms with Crippen molar-refractivity contribution in [1.82, 2.24) is 4.90 Å². The maximum atomic E-state index is 6.17. The maximum Gasteiger partial charge on any atom is 0.0661 e. The third-order valence-electron chi connectivity index (χ3n) is 5.73. The second-order valence-corrected chi connectivity index (χ2v) is 6.71. The molecule has 112 valence electrons. The molecule has 3 nitrogen and oxygen atoms in total. The molecule has 19 heavy (non-hydrogen) atoms. The number of nitrogens with two attached hydrogens (primary N) is 1. The van der Waals surface area contributed by atoms with E-state index in [1.165, 1.54) is 44.9 Å². The van der Waals surface area contributed by atoms with Gasteiger partial charge in [0.25, 0.3) is 0 Å². The second kappa shape index (κ2) is 6.55. The summed E-state index contributed by atoms with van der Waals surface area (Å²) in [5.41, 5.74) is 6.27. The van der Waals surface area contributed by atoms with Gasteiger partial charge in [-0.1, -0.05) is 13.3 Å². The smallest absolute Gasteiger partial charge is 0.0661 e. The summed E-state index contributed by atoms with van der Waals surface area (Å²) in [5.74, 6) is 1.71. The van der Waals surface area contributed by atoms with Crippen LogP contribution in [-0.2, 0) is 4.74 Å². The highest BCUT2D eigenvalue weighted by atomic mass is 16.5. The number of rotatable bonds is 7. The Morgan fingerprint density at radius 3 is 2.21 bits per heavy atom. The average molecular weight is 268 g/mol. The van der Waals surface area contributed by atoms with Crippen molar-refractivity contribution >= 4 is 0 Å². The summed E-state index contributed by atoms with van der Waals surface area (Å²) >= 11 is 0. The molecular formula is C16H32N2O. The molecule has 2 aliphatic carbocycles.